The van der Waals surface area contributed by atoms with Crippen LogP contribution in [0.4, 0.5) is 4.39 Å². The largest absolute Gasteiger partial charge is 0.312 e. The van der Waals surface area contributed by atoms with Crippen LogP contribution in [0.25, 0.3) is 0 Å². The summed E-state index contributed by atoms with van der Waals surface area (Å²) in [5.74, 6) is -0.165. The van der Waals surface area contributed by atoms with Crippen LogP contribution >= 0.6 is 22.6 Å². The third kappa shape index (κ3) is 4.38. The Kier molecular flexibility index (Phi) is 5.13. The molecule has 0 aliphatic carbocycles. The first-order chi connectivity index (χ1) is 8.74. The lowest BCUT2D eigenvalue weighted by atomic mass is 10.1. The SMILES string of the molecule is Fc1cc(I)cc(CNCCc2ccccc2)c1. The predicted molar refractivity (Wildman–Crippen MR) is 81.0 cm³/mol. The zero-order chi connectivity index (χ0) is 12.8. The van der Waals surface area contributed by atoms with Gasteiger partial charge in [-0.25, -0.2) is 4.39 Å². The van der Waals surface area contributed by atoms with E-state index in [0.29, 0.717) is 6.54 Å². The van der Waals surface area contributed by atoms with Gasteiger partial charge in [0.1, 0.15) is 5.82 Å². The minimum Gasteiger partial charge on any atom is -0.312 e. The standard InChI is InChI=1S/C15H15FIN/c16-14-8-13(9-15(17)10-14)11-18-7-6-12-4-2-1-3-5-12/h1-5,8-10,18H,6-7,11H2. The third-order valence-electron chi connectivity index (χ3n) is 2.68. The van der Waals surface area contributed by atoms with Crippen molar-refractivity contribution in [2.45, 2.75) is 13.0 Å². The molecule has 18 heavy (non-hydrogen) atoms. The van der Waals surface area contributed by atoms with Crippen LogP contribution in [0.5, 0.6) is 0 Å². The van der Waals surface area contributed by atoms with Crippen LogP contribution in [0.15, 0.2) is 48.5 Å². The van der Waals surface area contributed by atoms with Crippen LogP contribution in [0.2, 0.25) is 0 Å². The number of rotatable bonds is 5. The molecular formula is C15H15FIN. The molecule has 1 N–H and O–H groups in total. The molecule has 1 nitrogen and oxygen atoms in total. The van der Waals surface area contributed by atoms with Crippen molar-refractivity contribution in [2.24, 2.45) is 0 Å². The first kappa shape index (κ1) is 13.5. The summed E-state index contributed by atoms with van der Waals surface area (Å²) in [5.41, 5.74) is 2.31. The normalized spacial score (nSPS) is 10.6. The van der Waals surface area contributed by atoms with Gasteiger partial charge in [0.15, 0.2) is 0 Å². The van der Waals surface area contributed by atoms with Crippen LogP contribution in [0, 0.1) is 9.39 Å². The maximum atomic E-state index is 13.2. The van der Waals surface area contributed by atoms with E-state index in [2.05, 4.69) is 40.0 Å². The molecule has 0 atom stereocenters. The number of hydrogen-bond donors (Lipinski definition) is 1. The highest BCUT2D eigenvalue weighted by Gasteiger charge is 1.99. The van der Waals surface area contributed by atoms with Crippen molar-refractivity contribution >= 4 is 22.6 Å². The monoisotopic (exact) mass is 355 g/mol. The molecule has 0 unspecified atom stereocenters. The van der Waals surface area contributed by atoms with Crippen molar-refractivity contribution in [1.82, 2.24) is 5.32 Å². The zero-order valence-electron chi connectivity index (χ0n) is 10.00. The van der Waals surface area contributed by atoms with E-state index in [1.807, 2.05) is 24.3 Å². The fourth-order valence-corrected chi connectivity index (χ4v) is 2.52. The highest BCUT2D eigenvalue weighted by atomic mass is 127. The van der Waals surface area contributed by atoms with E-state index >= 15 is 0 Å². The highest BCUT2D eigenvalue weighted by molar-refractivity contribution is 14.1. The fraction of sp³-hybridized carbons (Fsp3) is 0.200. The van der Waals surface area contributed by atoms with Gasteiger partial charge >= 0.3 is 0 Å². The molecule has 0 aromatic heterocycles. The number of halogens is 2. The summed E-state index contributed by atoms with van der Waals surface area (Å²) in [6, 6.07) is 15.5. The smallest absolute Gasteiger partial charge is 0.124 e. The molecule has 0 aliphatic heterocycles. The maximum Gasteiger partial charge on any atom is 0.124 e. The van der Waals surface area contributed by atoms with E-state index in [0.717, 1.165) is 22.1 Å². The molecule has 0 fully saturated rings. The molecule has 2 rings (SSSR count). The molecule has 0 saturated carbocycles. The second kappa shape index (κ2) is 6.85. The Bertz CT molecular complexity index is 479. The Morgan fingerprint density at radius 3 is 2.50 bits per heavy atom. The predicted octanol–water partition coefficient (Wildman–Crippen LogP) is 3.76. The lowest BCUT2D eigenvalue weighted by Gasteiger charge is -2.06. The van der Waals surface area contributed by atoms with E-state index < -0.39 is 0 Å². The Balaban J connectivity index is 1.78. The molecule has 94 valence electrons. The van der Waals surface area contributed by atoms with Gasteiger partial charge in [-0.05, 0) is 64.9 Å². The molecule has 0 saturated heterocycles. The topological polar surface area (TPSA) is 12.0 Å². The Morgan fingerprint density at radius 2 is 1.78 bits per heavy atom. The Morgan fingerprint density at radius 1 is 1.00 bits per heavy atom. The second-order valence-electron chi connectivity index (χ2n) is 4.19. The Labute approximate surface area is 121 Å². The van der Waals surface area contributed by atoms with Crippen LogP contribution in [0.3, 0.4) is 0 Å². The van der Waals surface area contributed by atoms with Gasteiger partial charge in [-0.15, -0.1) is 0 Å². The first-order valence-electron chi connectivity index (χ1n) is 5.93. The first-order valence-corrected chi connectivity index (χ1v) is 7.01. The van der Waals surface area contributed by atoms with Gasteiger partial charge in [0.05, 0.1) is 0 Å². The molecule has 0 heterocycles. The summed E-state index contributed by atoms with van der Waals surface area (Å²) < 4.78 is 14.1. The summed E-state index contributed by atoms with van der Waals surface area (Å²) in [5, 5.41) is 3.33. The van der Waals surface area contributed by atoms with E-state index in [9.17, 15) is 4.39 Å². The summed E-state index contributed by atoms with van der Waals surface area (Å²) in [6.07, 6.45) is 0.993. The van der Waals surface area contributed by atoms with E-state index in [1.165, 1.54) is 11.6 Å². The summed E-state index contributed by atoms with van der Waals surface area (Å²) in [6.45, 7) is 1.61. The average Bonchev–Trinajstić information content (AvgIpc) is 2.35. The molecule has 0 amide bonds. The van der Waals surface area contributed by atoms with Crippen molar-refractivity contribution < 1.29 is 4.39 Å². The lowest BCUT2D eigenvalue weighted by Crippen LogP contribution is -2.16. The van der Waals surface area contributed by atoms with Crippen LogP contribution in [0.1, 0.15) is 11.1 Å². The Hall–Kier alpha value is -0.940. The fourth-order valence-electron chi connectivity index (χ4n) is 1.82. The van der Waals surface area contributed by atoms with Gasteiger partial charge < -0.3 is 5.32 Å². The molecule has 0 bridgehead atoms. The van der Waals surface area contributed by atoms with Crippen LogP contribution < -0.4 is 5.32 Å². The van der Waals surface area contributed by atoms with Gasteiger partial charge in [-0.3, -0.25) is 0 Å². The minimum atomic E-state index is -0.165. The molecule has 2 aromatic carbocycles. The third-order valence-corrected chi connectivity index (χ3v) is 3.31. The number of nitrogens with one attached hydrogen (secondary N) is 1. The average molecular weight is 355 g/mol. The molecular weight excluding hydrogens is 340 g/mol. The summed E-state index contributed by atoms with van der Waals surface area (Å²) in [7, 11) is 0. The molecule has 0 radical (unpaired) electrons. The van der Waals surface area contributed by atoms with Gasteiger partial charge in [-0.2, -0.15) is 0 Å². The minimum absolute atomic E-state index is 0.165. The van der Waals surface area contributed by atoms with Crippen LogP contribution in [-0.4, -0.2) is 6.54 Å². The molecule has 0 spiro atoms. The quantitative estimate of drug-likeness (QED) is 0.636. The molecule has 0 aliphatic rings. The lowest BCUT2D eigenvalue weighted by molar-refractivity contribution is 0.619. The van der Waals surface area contributed by atoms with E-state index in [1.54, 1.807) is 6.07 Å². The van der Waals surface area contributed by atoms with Crippen molar-refractivity contribution in [3.05, 3.63) is 69.0 Å². The van der Waals surface area contributed by atoms with Gasteiger partial charge in [0.25, 0.3) is 0 Å². The van der Waals surface area contributed by atoms with Gasteiger partial charge in [0.2, 0.25) is 0 Å². The molecule has 2 aromatic rings. The van der Waals surface area contributed by atoms with E-state index in [4.69, 9.17) is 0 Å². The van der Waals surface area contributed by atoms with Crippen molar-refractivity contribution in [1.29, 1.82) is 0 Å². The summed E-state index contributed by atoms with van der Waals surface area (Å²) >= 11 is 2.13. The van der Waals surface area contributed by atoms with Crippen molar-refractivity contribution in [2.75, 3.05) is 6.54 Å². The van der Waals surface area contributed by atoms with Crippen molar-refractivity contribution in [3.63, 3.8) is 0 Å². The number of benzene rings is 2. The number of hydrogen-bond acceptors (Lipinski definition) is 1. The van der Waals surface area contributed by atoms with Gasteiger partial charge in [0, 0.05) is 10.1 Å². The van der Waals surface area contributed by atoms with Crippen LogP contribution in [-0.2, 0) is 13.0 Å². The zero-order valence-corrected chi connectivity index (χ0v) is 12.2. The van der Waals surface area contributed by atoms with E-state index in [-0.39, 0.29) is 5.82 Å². The van der Waals surface area contributed by atoms with Crippen molar-refractivity contribution in [3.8, 4) is 0 Å². The second-order valence-corrected chi connectivity index (χ2v) is 5.44. The maximum absolute atomic E-state index is 13.2. The van der Waals surface area contributed by atoms with Gasteiger partial charge in [-0.1, -0.05) is 30.3 Å². The molecule has 3 heteroatoms. The highest BCUT2D eigenvalue weighted by Crippen LogP contribution is 2.11. The summed E-state index contributed by atoms with van der Waals surface area (Å²) in [4.78, 5) is 0.